The highest BCUT2D eigenvalue weighted by atomic mass is 16.6. The van der Waals surface area contributed by atoms with Crippen LogP contribution in [-0.4, -0.2) is 22.9 Å². The maximum atomic E-state index is 11.2. The Morgan fingerprint density at radius 2 is 2.25 bits per heavy atom. The van der Waals surface area contributed by atoms with Crippen LogP contribution in [0.3, 0.4) is 0 Å². The van der Waals surface area contributed by atoms with Gasteiger partial charge in [0.25, 0.3) is 5.91 Å². The average molecular weight is 225 g/mol. The smallest absolute Gasteiger partial charge is 0.363 e. The summed E-state index contributed by atoms with van der Waals surface area (Å²) in [6.07, 6.45) is 0. The molecule has 7 nitrogen and oxygen atoms in total. The number of rotatable bonds is 4. The van der Waals surface area contributed by atoms with E-state index in [-0.39, 0.29) is 11.5 Å². The summed E-state index contributed by atoms with van der Waals surface area (Å²) in [6, 6.07) is 4.09. The van der Waals surface area contributed by atoms with Crippen molar-refractivity contribution in [1.82, 2.24) is 4.98 Å². The van der Waals surface area contributed by atoms with E-state index in [9.17, 15) is 14.9 Å². The normalized spacial score (nSPS) is 14.1. The van der Waals surface area contributed by atoms with Gasteiger partial charge < -0.3 is 20.6 Å². The zero-order valence-corrected chi connectivity index (χ0v) is 8.84. The number of nitro groups is 1. The number of carbonyl (C=O) groups is 1. The van der Waals surface area contributed by atoms with Gasteiger partial charge in [-0.2, -0.15) is 0 Å². The Hall–Kier alpha value is -2.02. The van der Waals surface area contributed by atoms with Crippen LogP contribution in [0.15, 0.2) is 18.2 Å². The number of carbonyl (C=O) groups excluding carboxylic acids is 1. The van der Waals surface area contributed by atoms with E-state index in [1.807, 2.05) is 0 Å². The van der Waals surface area contributed by atoms with Crippen molar-refractivity contribution in [1.29, 1.82) is 0 Å². The summed E-state index contributed by atoms with van der Waals surface area (Å²) < 4.78 is 4.96. The summed E-state index contributed by atoms with van der Waals surface area (Å²) in [5.41, 5.74) is 3.81. The molecule has 16 heavy (non-hydrogen) atoms. The van der Waals surface area contributed by atoms with Crippen molar-refractivity contribution in [3.05, 3.63) is 34.0 Å². The van der Waals surface area contributed by atoms with E-state index < -0.39 is 16.4 Å². The molecule has 1 aromatic heterocycles. The van der Waals surface area contributed by atoms with E-state index >= 15 is 0 Å². The molecule has 2 N–H and O–H groups in total. The number of pyridine rings is 1. The fourth-order valence-corrected chi connectivity index (χ4v) is 1.12. The van der Waals surface area contributed by atoms with Crippen molar-refractivity contribution < 1.29 is 14.5 Å². The van der Waals surface area contributed by atoms with E-state index in [0.29, 0.717) is 0 Å². The molecule has 86 valence electrons. The third-order valence-electron chi connectivity index (χ3n) is 2.29. The first-order chi connectivity index (χ1) is 7.41. The molecule has 0 aliphatic carbocycles. The minimum Gasteiger partial charge on any atom is -0.367 e. The Morgan fingerprint density at radius 3 is 2.69 bits per heavy atom. The molecule has 1 heterocycles. The summed E-state index contributed by atoms with van der Waals surface area (Å²) in [7, 11) is 1.28. The molecule has 0 saturated heterocycles. The number of methoxy groups -OCH3 is 1. The van der Waals surface area contributed by atoms with Gasteiger partial charge in [0.2, 0.25) is 5.60 Å². The van der Waals surface area contributed by atoms with Crippen LogP contribution in [0, 0.1) is 10.1 Å². The lowest BCUT2D eigenvalue weighted by Gasteiger charge is -2.20. The van der Waals surface area contributed by atoms with Crippen molar-refractivity contribution in [2.24, 2.45) is 5.73 Å². The number of hydrogen-bond acceptors (Lipinski definition) is 5. The van der Waals surface area contributed by atoms with E-state index in [1.54, 1.807) is 0 Å². The molecule has 0 aliphatic rings. The van der Waals surface area contributed by atoms with Crippen LogP contribution in [0.5, 0.6) is 0 Å². The van der Waals surface area contributed by atoms with E-state index in [1.165, 1.54) is 32.2 Å². The third-order valence-corrected chi connectivity index (χ3v) is 2.29. The van der Waals surface area contributed by atoms with E-state index in [4.69, 9.17) is 10.5 Å². The topological polar surface area (TPSA) is 108 Å². The number of amides is 1. The highest BCUT2D eigenvalue weighted by Crippen LogP contribution is 2.23. The number of primary amides is 1. The van der Waals surface area contributed by atoms with Crippen molar-refractivity contribution in [2.45, 2.75) is 12.5 Å². The zero-order valence-electron chi connectivity index (χ0n) is 8.84. The van der Waals surface area contributed by atoms with Gasteiger partial charge in [-0.3, -0.25) is 4.79 Å². The molecule has 7 heteroatoms. The predicted molar refractivity (Wildman–Crippen MR) is 54.4 cm³/mol. The minimum absolute atomic E-state index is 0.108. The largest absolute Gasteiger partial charge is 0.367 e. The molecule has 0 radical (unpaired) electrons. The Morgan fingerprint density at radius 1 is 1.62 bits per heavy atom. The summed E-state index contributed by atoms with van der Waals surface area (Å²) in [4.78, 5) is 24.8. The molecule has 0 spiro atoms. The molecule has 0 bridgehead atoms. The van der Waals surface area contributed by atoms with Crippen LogP contribution in [0.2, 0.25) is 0 Å². The molecule has 1 amide bonds. The number of nitrogens with two attached hydrogens (primary N) is 1. The van der Waals surface area contributed by atoms with Gasteiger partial charge in [-0.15, -0.1) is 0 Å². The van der Waals surface area contributed by atoms with Gasteiger partial charge in [-0.1, -0.05) is 0 Å². The summed E-state index contributed by atoms with van der Waals surface area (Å²) in [5, 5.41) is 10.5. The lowest BCUT2D eigenvalue weighted by atomic mass is 10.0. The monoisotopic (exact) mass is 225 g/mol. The lowest BCUT2D eigenvalue weighted by molar-refractivity contribution is -0.389. The fourth-order valence-electron chi connectivity index (χ4n) is 1.12. The minimum atomic E-state index is -1.47. The fraction of sp³-hybridized carbons (Fsp3) is 0.333. The van der Waals surface area contributed by atoms with Crippen molar-refractivity contribution in [3.8, 4) is 0 Å². The zero-order chi connectivity index (χ0) is 12.3. The maximum absolute atomic E-state index is 11.2. The standard InChI is InChI=1S/C9H11N3O4/c1-9(16-2,8(10)13)6-4-3-5-7(11-6)12(14)15/h3-5H,1-2H3,(H2,10,13). The Balaban J connectivity index is 3.26. The molecular formula is C9H11N3O4. The quantitative estimate of drug-likeness (QED) is 0.587. The number of aromatic nitrogens is 1. The van der Waals surface area contributed by atoms with Crippen LogP contribution < -0.4 is 5.73 Å². The van der Waals surface area contributed by atoms with Crippen molar-refractivity contribution >= 4 is 11.7 Å². The Bertz CT molecular complexity index is 435. The Kier molecular flexibility index (Phi) is 3.19. The van der Waals surface area contributed by atoms with Gasteiger partial charge in [0.1, 0.15) is 0 Å². The first-order valence-corrected chi connectivity index (χ1v) is 4.39. The number of hydrogen-bond donors (Lipinski definition) is 1. The van der Waals surface area contributed by atoms with E-state index in [0.717, 1.165) is 0 Å². The molecule has 1 aromatic rings. The molecular weight excluding hydrogens is 214 g/mol. The number of ether oxygens (including phenoxy) is 1. The first kappa shape index (κ1) is 12.1. The molecule has 0 aliphatic heterocycles. The van der Waals surface area contributed by atoms with Crippen LogP contribution in [0.4, 0.5) is 5.82 Å². The van der Waals surface area contributed by atoms with Gasteiger partial charge in [0.15, 0.2) is 5.69 Å². The average Bonchev–Trinajstić information content (AvgIpc) is 2.27. The van der Waals surface area contributed by atoms with Gasteiger partial charge in [0, 0.05) is 13.2 Å². The SMILES string of the molecule is COC(C)(C(N)=O)c1cccc([N+](=O)[O-])n1. The highest BCUT2D eigenvalue weighted by molar-refractivity contribution is 5.84. The maximum Gasteiger partial charge on any atom is 0.363 e. The van der Waals surface area contributed by atoms with Gasteiger partial charge in [0.05, 0.1) is 0 Å². The lowest BCUT2D eigenvalue weighted by Crippen LogP contribution is -2.40. The third kappa shape index (κ3) is 1.98. The van der Waals surface area contributed by atoms with Crippen molar-refractivity contribution in [2.75, 3.05) is 7.11 Å². The second kappa shape index (κ2) is 4.23. The van der Waals surface area contributed by atoms with Crippen molar-refractivity contribution in [3.63, 3.8) is 0 Å². The first-order valence-electron chi connectivity index (χ1n) is 4.39. The summed E-state index contributed by atoms with van der Waals surface area (Å²) in [6.45, 7) is 1.40. The van der Waals surface area contributed by atoms with Crippen LogP contribution in [0.25, 0.3) is 0 Å². The molecule has 1 atom stereocenters. The second-order valence-corrected chi connectivity index (χ2v) is 3.24. The highest BCUT2D eigenvalue weighted by Gasteiger charge is 2.38. The summed E-state index contributed by atoms with van der Waals surface area (Å²) in [5.74, 6) is -1.12. The Labute approximate surface area is 91.4 Å². The van der Waals surface area contributed by atoms with Gasteiger partial charge >= 0.3 is 5.82 Å². The molecule has 0 fully saturated rings. The second-order valence-electron chi connectivity index (χ2n) is 3.24. The van der Waals surface area contributed by atoms with Gasteiger partial charge in [-0.25, -0.2) is 0 Å². The van der Waals surface area contributed by atoms with Gasteiger partial charge in [-0.05, 0) is 29.0 Å². The predicted octanol–water partition coefficient (Wildman–Crippen LogP) is 0.337. The molecule has 0 aromatic carbocycles. The van der Waals surface area contributed by atoms with Crippen LogP contribution in [0.1, 0.15) is 12.6 Å². The van der Waals surface area contributed by atoms with Crippen LogP contribution >= 0.6 is 0 Å². The summed E-state index contributed by atoms with van der Waals surface area (Å²) >= 11 is 0. The molecule has 1 unspecified atom stereocenters. The molecule has 1 rings (SSSR count). The van der Waals surface area contributed by atoms with Crippen LogP contribution in [-0.2, 0) is 15.1 Å². The molecule has 0 saturated carbocycles. The van der Waals surface area contributed by atoms with E-state index in [2.05, 4.69) is 4.98 Å². The number of nitrogens with zero attached hydrogens (tertiary/aromatic N) is 2.